The number of anilines is 4. The third kappa shape index (κ3) is 8.81. The molecular weight excluding hydrogens is 783 g/mol. The molecule has 6 aromatic carbocycles. The summed E-state index contributed by atoms with van der Waals surface area (Å²) >= 11 is 0. The van der Waals surface area contributed by atoms with Gasteiger partial charge in [0.2, 0.25) is 11.6 Å². The maximum absolute atomic E-state index is 15.1. The van der Waals surface area contributed by atoms with Gasteiger partial charge in [-0.05, 0) is 105 Å². The number of hydrogen-bond donors (Lipinski definition) is 4. The van der Waals surface area contributed by atoms with Gasteiger partial charge in [-0.3, -0.25) is 9.59 Å². The van der Waals surface area contributed by atoms with Gasteiger partial charge in [0, 0.05) is 17.8 Å². The smallest absolute Gasteiger partial charge is 0.340 e. The van der Waals surface area contributed by atoms with Gasteiger partial charge in [-0.25, -0.2) is 9.64 Å². The van der Waals surface area contributed by atoms with Crippen molar-refractivity contribution >= 4 is 46.0 Å². The van der Waals surface area contributed by atoms with Gasteiger partial charge in [0.1, 0.15) is 11.5 Å². The molecule has 0 bridgehead atoms. The third-order valence-electron chi connectivity index (χ3n) is 10.7. The summed E-state index contributed by atoms with van der Waals surface area (Å²) in [6.07, 6.45) is 5.90. The quantitative estimate of drug-likeness (QED) is 0.0421. The monoisotopic (exact) mass is 829 g/mol. The lowest BCUT2D eigenvalue weighted by atomic mass is 9.80. The molecule has 1 aliphatic carbocycles. The van der Waals surface area contributed by atoms with E-state index in [2.05, 4.69) is 29.3 Å². The number of aryl methyl sites for hydroxylation is 3. The molecule has 314 valence electrons. The van der Waals surface area contributed by atoms with Crippen LogP contribution in [0, 0.1) is 13.5 Å². The van der Waals surface area contributed by atoms with E-state index < -0.39 is 29.0 Å². The second-order valence-electron chi connectivity index (χ2n) is 15.0. The molecule has 0 unspecified atom stereocenters. The van der Waals surface area contributed by atoms with E-state index in [1.165, 1.54) is 12.1 Å². The Morgan fingerprint density at radius 2 is 1.16 bits per heavy atom. The van der Waals surface area contributed by atoms with Crippen LogP contribution in [0.25, 0.3) is 4.85 Å². The fraction of sp³-hybridized carbons (Fsp3) is 0.216. The summed E-state index contributed by atoms with van der Waals surface area (Å²) in [5, 5.41) is 30.4. The van der Waals surface area contributed by atoms with Gasteiger partial charge >= 0.3 is 5.97 Å². The van der Waals surface area contributed by atoms with E-state index >= 15 is 9.59 Å². The molecule has 0 fully saturated rings. The van der Waals surface area contributed by atoms with Crippen LogP contribution in [0.15, 0.2) is 103 Å². The highest BCUT2D eigenvalue weighted by Gasteiger charge is 2.41. The highest BCUT2D eigenvalue weighted by Crippen LogP contribution is 2.51. The van der Waals surface area contributed by atoms with E-state index in [4.69, 9.17) is 20.8 Å². The van der Waals surface area contributed by atoms with E-state index in [0.717, 1.165) is 49.7 Å². The summed E-state index contributed by atoms with van der Waals surface area (Å²) in [4.78, 5) is 46.9. The molecule has 0 aliphatic heterocycles. The Morgan fingerprint density at radius 3 is 1.65 bits per heavy atom. The highest BCUT2D eigenvalue weighted by molar-refractivity contribution is 6.34. The first-order valence-electron chi connectivity index (χ1n) is 20.8. The first-order chi connectivity index (χ1) is 30.0. The van der Waals surface area contributed by atoms with Gasteiger partial charge in [-0.2, -0.15) is 0 Å². The Labute approximate surface area is 360 Å². The van der Waals surface area contributed by atoms with Crippen molar-refractivity contribution in [2.45, 2.75) is 66.2 Å². The van der Waals surface area contributed by atoms with Crippen molar-refractivity contribution in [1.82, 2.24) is 0 Å². The van der Waals surface area contributed by atoms with Crippen molar-refractivity contribution in [3.8, 4) is 34.5 Å². The van der Waals surface area contributed by atoms with Crippen LogP contribution >= 0.6 is 0 Å². The molecule has 62 heavy (non-hydrogen) atoms. The van der Waals surface area contributed by atoms with Gasteiger partial charge < -0.3 is 35.1 Å². The molecule has 0 saturated carbocycles. The summed E-state index contributed by atoms with van der Waals surface area (Å²) in [5.41, 5.74) is 3.10. The van der Waals surface area contributed by atoms with Crippen LogP contribution in [0.5, 0.6) is 34.5 Å². The zero-order chi connectivity index (χ0) is 43.9. The van der Waals surface area contributed by atoms with E-state index in [1.54, 1.807) is 80.6 Å². The maximum atomic E-state index is 15.1. The standard InChI is InChI=1S/C51H47N3O8/c1-6-9-13-31-17-22-34(23-18-31)61-41-28-39(53-33-21-26-37(52-5)30(4)27-33)43-45(47(41)55)50(58)44-40(54-38-16-12-11-15-36(38)51(59)60-8-3)29-42(48(56)46(44)49(43)57)62-35-24-19-32(20-25-35)14-10-7-2/h11-12,15-29,53-56H,6-10,13-14H2,1-4H3. The fourth-order valence-corrected chi connectivity index (χ4v) is 7.41. The predicted octanol–water partition coefficient (Wildman–Crippen LogP) is 12.7. The fourth-order valence-electron chi connectivity index (χ4n) is 7.41. The van der Waals surface area contributed by atoms with Gasteiger partial charge in [0.25, 0.3) is 0 Å². The van der Waals surface area contributed by atoms with E-state index in [9.17, 15) is 15.0 Å². The molecule has 0 amide bonds. The first kappa shape index (κ1) is 42.5. The number of aromatic hydroxyl groups is 2. The Morgan fingerprint density at radius 1 is 0.645 bits per heavy atom. The average Bonchev–Trinajstić information content (AvgIpc) is 3.27. The molecule has 7 rings (SSSR count). The highest BCUT2D eigenvalue weighted by atomic mass is 16.5. The Hall–Kier alpha value is -7.58. The minimum atomic E-state index is -0.812. The number of unbranched alkanes of at least 4 members (excludes halogenated alkanes) is 2. The number of para-hydroxylation sites is 1. The number of ether oxygens (including phenoxy) is 3. The average molecular weight is 830 g/mol. The lowest BCUT2D eigenvalue weighted by Gasteiger charge is -2.27. The van der Waals surface area contributed by atoms with E-state index in [1.807, 2.05) is 24.3 Å². The third-order valence-corrected chi connectivity index (χ3v) is 10.7. The van der Waals surface area contributed by atoms with Crippen molar-refractivity contribution in [2.24, 2.45) is 0 Å². The first-order valence-corrected chi connectivity index (χ1v) is 20.8. The Balaban J connectivity index is 1.41. The number of carbonyl (C=O) groups is 3. The molecule has 0 heterocycles. The van der Waals surface area contributed by atoms with Crippen LogP contribution in [0.4, 0.5) is 28.4 Å². The number of carbonyl (C=O) groups excluding carboxylic acids is 3. The van der Waals surface area contributed by atoms with Gasteiger partial charge in [0.05, 0.1) is 58.1 Å². The number of phenolic OH excluding ortho intramolecular Hbond substituents is 2. The number of esters is 1. The number of phenols is 2. The second kappa shape index (κ2) is 18.8. The summed E-state index contributed by atoms with van der Waals surface area (Å²) in [6, 6.07) is 29.1. The predicted molar refractivity (Wildman–Crippen MR) is 240 cm³/mol. The minimum absolute atomic E-state index is 0.0152. The Kier molecular flexibility index (Phi) is 12.9. The zero-order valence-corrected chi connectivity index (χ0v) is 35.1. The van der Waals surface area contributed by atoms with Crippen LogP contribution < -0.4 is 20.1 Å². The van der Waals surface area contributed by atoms with Crippen molar-refractivity contribution in [1.29, 1.82) is 0 Å². The molecule has 11 nitrogen and oxygen atoms in total. The molecule has 11 heteroatoms. The second-order valence-corrected chi connectivity index (χ2v) is 15.0. The number of ketones is 2. The molecule has 1 aliphatic rings. The topological polar surface area (TPSA) is 148 Å². The summed E-state index contributed by atoms with van der Waals surface area (Å²) < 4.78 is 17.8. The van der Waals surface area contributed by atoms with E-state index in [-0.39, 0.29) is 63.0 Å². The summed E-state index contributed by atoms with van der Waals surface area (Å²) in [7, 11) is 0. The van der Waals surface area contributed by atoms with Crippen LogP contribution in [0.2, 0.25) is 0 Å². The van der Waals surface area contributed by atoms with Crippen LogP contribution in [-0.2, 0) is 17.6 Å². The molecule has 0 spiro atoms. The van der Waals surface area contributed by atoms with Crippen molar-refractivity contribution in [3.05, 3.63) is 159 Å². The normalized spacial score (nSPS) is 11.6. The number of hydrogen-bond acceptors (Lipinski definition) is 10. The number of nitrogens with one attached hydrogen (secondary N) is 2. The number of rotatable bonds is 16. The molecule has 0 radical (unpaired) electrons. The molecule has 0 atom stereocenters. The minimum Gasteiger partial charge on any atom is -0.504 e. The largest absolute Gasteiger partial charge is 0.504 e. The van der Waals surface area contributed by atoms with E-state index in [0.29, 0.717) is 28.4 Å². The summed E-state index contributed by atoms with van der Waals surface area (Å²) in [5.74, 6) is -2.93. The zero-order valence-electron chi connectivity index (χ0n) is 35.1. The molecule has 4 N–H and O–H groups in total. The van der Waals surface area contributed by atoms with Crippen molar-refractivity contribution in [3.63, 3.8) is 0 Å². The van der Waals surface area contributed by atoms with Crippen LogP contribution in [-0.4, -0.2) is 34.4 Å². The van der Waals surface area contributed by atoms with Crippen LogP contribution in [0.3, 0.4) is 0 Å². The Bertz CT molecular complexity index is 2720. The number of benzene rings is 6. The molecule has 0 aromatic heterocycles. The number of nitrogens with zero attached hydrogens (tertiary/aromatic N) is 1. The van der Waals surface area contributed by atoms with Gasteiger partial charge in [-0.15, -0.1) is 0 Å². The molecule has 0 saturated heterocycles. The van der Waals surface area contributed by atoms with Gasteiger partial charge in [-0.1, -0.05) is 69.2 Å². The molecular formula is C51H47N3O8. The van der Waals surface area contributed by atoms with Crippen molar-refractivity contribution in [2.75, 3.05) is 17.2 Å². The molecule has 6 aromatic rings. The lowest BCUT2D eigenvalue weighted by Crippen LogP contribution is -2.24. The van der Waals surface area contributed by atoms with Gasteiger partial charge in [0.15, 0.2) is 28.7 Å². The van der Waals surface area contributed by atoms with Crippen LogP contribution in [0.1, 0.15) is 105 Å². The lowest BCUT2D eigenvalue weighted by molar-refractivity contribution is 0.0527. The SMILES string of the molecule is [C-]#[N+]c1ccc(Nc2cc(Oc3ccc(CCCC)cc3)c(O)c3c2C(=O)c2c(O)c(Oc4ccc(CCCC)cc4)cc(Nc4ccccc4C(=O)OCC)c2C3=O)cc1C. The summed E-state index contributed by atoms with van der Waals surface area (Å²) in [6.45, 7) is 15.3. The maximum Gasteiger partial charge on any atom is 0.340 e. The number of fused-ring (bicyclic) bond motifs is 2. The van der Waals surface area contributed by atoms with Crippen molar-refractivity contribution < 1.29 is 38.8 Å².